The minimum absolute atomic E-state index is 0.0408. The van der Waals surface area contributed by atoms with Crippen LogP contribution in [0.5, 0.6) is 0 Å². The van der Waals surface area contributed by atoms with Crippen molar-refractivity contribution < 1.29 is 9.59 Å². The monoisotopic (exact) mass is 289 g/mol. The van der Waals surface area contributed by atoms with E-state index in [1.165, 1.54) is 6.92 Å². The van der Waals surface area contributed by atoms with Crippen molar-refractivity contribution in [3.63, 3.8) is 0 Å². The molecule has 1 aromatic carbocycles. The highest BCUT2D eigenvalue weighted by molar-refractivity contribution is 9.10. The van der Waals surface area contributed by atoms with Crippen LogP contribution in [0.3, 0.4) is 0 Å². The van der Waals surface area contributed by atoms with Crippen molar-refractivity contribution >= 4 is 39.2 Å². The van der Waals surface area contributed by atoms with Gasteiger partial charge in [-0.3, -0.25) is 9.59 Å². The van der Waals surface area contributed by atoms with Gasteiger partial charge >= 0.3 is 0 Å². The van der Waals surface area contributed by atoms with Crippen LogP contribution in [0.1, 0.15) is 17.3 Å². The van der Waals surface area contributed by atoms with Crippen molar-refractivity contribution in [2.75, 3.05) is 6.54 Å². The molecule has 0 saturated carbocycles. The Hall–Kier alpha value is -0.870. The number of nitrogens with one attached hydrogen (secondary N) is 1. The van der Waals surface area contributed by atoms with E-state index in [1.807, 2.05) is 0 Å². The van der Waals surface area contributed by atoms with E-state index in [9.17, 15) is 9.59 Å². The summed E-state index contributed by atoms with van der Waals surface area (Å²) in [6, 6.07) is 4.83. The van der Waals surface area contributed by atoms with Gasteiger partial charge in [-0.05, 0) is 41.1 Å². The number of amides is 1. The van der Waals surface area contributed by atoms with Crippen LogP contribution in [0.25, 0.3) is 0 Å². The maximum atomic E-state index is 11.5. The molecule has 1 aromatic rings. The summed E-state index contributed by atoms with van der Waals surface area (Å²) in [5.41, 5.74) is 0.465. The Morgan fingerprint density at radius 2 is 2.13 bits per heavy atom. The van der Waals surface area contributed by atoms with E-state index < -0.39 is 0 Å². The molecule has 0 radical (unpaired) electrons. The number of ketones is 1. The molecule has 0 unspecified atom stereocenters. The molecule has 0 aliphatic rings. The number of benzene rings is 1. The largest absolute Gasteiger partial charge is 0.345 e. The predicted molar refractivity (Wildman–Crippen MR) is 62.2 cm³/mol. The highest BCUT2D eigenvalue weighted by Gasteiger charge is 2.07. The van der Waals surface area contributed by atoms with Crippen molar-refractivity contribution in [3.05, 3.63) is 33.3 Å². The molecule has 0 saturated heterocycles. The van der Waals surface area contributed by atoms with E-state index in [1.54, 1.807) is 18.2 Å². The second kappa shape index (κ2) is 5.28. The van der Waals surface area contributed by atoms with Crippen LogP contribution in [0, 0.1) is 0 Å². The molecular weight excluding hydrogens is 281 g/mol. The third-order valence-electron chi connectivity index (χ3n) is 1.68. The Bertz CT molecular complexity index is 406. The van der Waals surface area contributed by atoms with E-state index in [-0.39, 0.29) is 18.2 Å². The number of rotatable bonds is 3. The first-order chi connectivity index (χ1) is 7.00. The second-order valence-corrected chi connectivity index (χ2v) is 4.28. The zero-order valence-corrected chi connectivity index (χ0v) is 10.4. The summed E-state index contributed by atoms with van der Waals surface area (Å²) in [6.07, 6.45) is 0. The highest BCUT2D eigenvalue weighted by Crippen LogP contribution is 2.22. The standard InChI is InChI=1S/C10H9BrClNO2/c1-6(14)5-13-10(15)7-2-3-9(12)8(11)4-7/h2-4H,5H2,1H3,(H,13,15). The van der Waals surface area contributed by atoms with Gasteiger partial charge in [-0.15, -0.1) is 0 Å². The van der Waals surface area contributed by atoms with Crippen LogP contribution in [0.15, 0.2) is 22.7 Å². The zero-order valence-electron chi connectivity index (χ0n) is 8.01. The van der Waals surface area contributed by atoms with E-state index in [0.29, 0.717) is 15.1 Å². The molecule has 3 nitrogen and oxygen atoms in total. The lowest BCUT2D eigenvalue weighted by Crippen LogP contribution is -2.28. The first-order valence-corrected chi connectivity index (χ1v) is 5.40. The third kappa shape index (κ3) is 3.64. The molecule has 1 N–H and O–H groups in total. The Kier molecular flexibility index (Phi) is 4.29. The van der Waals surface area contributed by atoms with Crippen LogP contribution < -0.4 is 5.32 Å². The molecule has 5 heteroatoms. The molecule has 0 aliphatic heterocycles. The molecule has 0 aliphatic carbocycles. The summed E-state index contributed by atoms with van der Waals surface area (Å²) in [4.78, 5) is 22.1. The van der Waals surface area contributed by atoms with E-state index in [2.05, 4.69) is 21.2 Å². The molecule has 0 atom stereocenters. The molecule has 80 valence electrons. The number of hydrogen-bond acceptors (Lipinski definition) is 2. The average molecular weight is 291 g/mol. The maximum Gasteiger partial charge on any atom is 0.251 e. The van der Waals surface area contributed by atoms with Gasteiger partial charge in [0, 0.05) is 10.0 Å². The number of halogens is 2. The van der Waals surface area contributed by atoms with Gasteiger partial charge in [0.2, 0.25) is 0 Å². The lowest BCUT2D eigenvalue weighted by atomic mass is 10.2. The molecule has 0 aromatic heterocycles. The molecule has 1 rings (SSSR count). The minimum Gasteiger partial charge on any atom is -0.345 e. The van der Waals surface area contributed by atoms with Crippen LogP contribution in [-0.4, -0.2) is 18.2 Å². The fourth-order valence-corrected chi connectivity index (χ4v) is 1.44. The van der Waals surface area contributed by atoms with Gasteiger partial charge in [-0.2, -0.15) is 0 Å². The third-order valence-corrected chi connectivity index (χ3v) is 2.89. The summed E-state index contributed by atoms with van der Waals surface area (Å²) in [6.45, 7) is 1.46. The normalized spacial score (nSPS) is 9.80. The first-order valence-electron chi connectivity index (χ1n) is 4.23. The van der Waals surface area contributed by atoms with Gasteiger partial charge in [0.15, 0.2) is 0 Å². The molecule has 0 spiro atoms. The smallest absolute Gasteiger partial charge is 0.251 e. The molecule has 1 amide bonds. The minimum atomic E-state index is -0.289. The molecular formula is C10H9BrClNO2. The van der Waals surface area contributed by atoms with Crippen LogP contribution in [0.2, 0.25) is 5.02 Å². The van der Waals surface area contributed by atoms with Gasteiger partial charge in [0.25, 0.3) is 5.91 Å². The summed E-state index contributed by atoms with van der Waals surface area (Å²) in [5, 5.41) is 3.03. The maximum absolute atomic E-state index is 11.5. The van der Waals surface area contributed by atoms with Crippen molar-refractivity contribution in [2.24, 2.45) is 0 Å². The highest BCUT2D eigenvalue weighted by atomic mass is 79.9. The number of carbonyl (C=O) groups is 2. The van der Waals surface area contributed by atoms with Crippen molar-refractivity contribution in [2.45, 2.75) is 6.92 Å². The summed E-state index contributed by atoms with van der Waals surface area (Å²) in [5.74, 6) is -0.376. The lowest BCUT2D eigenvalue weighted by Gasteiger charge is -2.03. The SMILES string of the molecule is CC(=O)CNC(=O)c1ccc(Cl)c(Br)c1. The fraction of sp³-hybridized carbons (Fsp3) is 0.200. The van der Waals surface area contributed by atoms with Gasteiger partial charge in [-0.25, -0.2) is 0 Å². The molecule has 0 heterocycles. The number of Topliss-reactive ketones (excluding diaryl/α,β-unsaturated/α-hetero) is 1. The van der Waals surface area contributed by atoms with E-state index >= 15 is 0 Å². The van der Waals surface area contributed by atoms with E-state index in [0.717, 1.165) is 0 Å². The summed E-state index contributed by atoms with van der Waals surface area (Å²) in [7, 11) is 0. The van der Waals surface area contributed by atoms with Gasteiger partial charge in [0.05, 0.1) is 11.6 Å². The van der Waals surface area contributed by atoms with Crippen molar-refractivity contribution in [1.29, 1.82) is 0 Å². The van der Waals surface area contributed by atoms with Crippen LogP contribution in [0.4, 0.5) is 0 Å². The second-order valence-electron chi connectivity index (χ2n) is 3.01. The average Bonchev–Trinajstić information content (AvgIpc) is 2.18. The van der Waals surface area contributed by atoms with Crippen molar-refractivity contribution in [3.8, 4) is 0 Å². The lowest BCUT2D eigenvalue weighted by molar-refractivity contribution is -0.116. The topological polar surface area (TPSA) is 46.2 Å². The van der Waals surface area contributed by atoms with Gasteiger partial charge < -0.3 is 5.32 Å². The Morgan fingerprint density at radius 3 is 2.67 bits per heavy atom. The van der Waals surface area contributed by atoms with Gasteiger partial charge in [-0.1, -0.05) is 11.6 Å². The Labute approximate surface area is 101 Å². The molecule has 0 bridgehead atoms. The Balaban J connectivity index is 2.74. The van der Waals surface area contributed by atoms with Crippen LogP contribution in [-0.2, 0) is 4.79 Å². The molecule has 15 heavy (non-hydrogen) atoms. The van der Waals surface area contributed by atoms with Gasteiger partial charge in [0.1, 0.15) is 5.78 Å². The number of carbonyl (C=O) groups excluding carboxylic acids is 2. The van der Waals surface area contributed by atoms with Crippen molar-refractivity contribution in [1.82, 2.24) is 5.32 Å². The summed E-state index contributed by atoms with van der Waals surface area (Å²) >= 11 is 9.00. The number of hydrogen-bond donors (Lipinski definition) is 1. The quantitative estimate of drug-likeness (QED) is 0.929. The fourth-order valence-electron chi connectivity index (χ4n) is 0.944. The summed E-state index contributed by atoms with van der Waals surface area (Å²) < 4.78 is 0.652. The molecule has 0 fully saturated rings. The van der Waals surface area contributed by atoms with E-state index in [4.69, 9.17) is 11.6 Å². The Morgan fingerprint density at radius 1 is 1.47 bits per heavy atom. The zero-order chi connectivity index (χ0) is 11.4. The van der Waals surface area contributed by atoms with Crippen LogP contribution >= 0.6 is 27.5 Å². The predicted octanol–water partition coefficient (Wildman–Crippen LogP) is 2.42. The first kappa shape index (κ1) is 12.2.